The summed E-state index contributed by atoms with van der Waals surface area (Å²) in [5.74, 6) is -1.18. The van der Waals surface area contributed by atoms with Crippen molar-refractivity contribution in [3.8, 4) is 0 Å². The zero-order valence-corrected chi connectivity index (χ0v) is 22.2. The fraction of sp³-hybridized carbons (Fsp3) is 0.633. The van der Waals surface area contributed by atoms with Crippen LogP contribution in [-0.2, 0) is 35.0 Å². The predicted octanol–water partition coefficient (Wildman–Crippen LogP) is 3.95. The number of rotatable bonds is 5. The van der Waals surface area contributed by atoms with Crippen LogP contribution in [0.4, 0.5) is 0 Å². The van der Waals surface area contributed by atoms with Gasteiger partial charge in [0.05, 0.1) is 18.3 Å². The summed E-state index contributed by atoms with van der Waals surface area (Å²) in [4.78, 5) is 39.2. The number of ketones is 1. The largest absolute Gasteiger partial charge is 0.458 e. The van der Waals surface area contributed by atoms with E-state index in [9.17, 15) is 19.5 Å². The van der Waals surface area contributed by atoms with Crippen LogP contribution in [0.15, 0.2) is 41.5 Å². The minimum Gasteiger partial charge on any atom is -0.458 e. The molecule has 7 atom stereocenters. The molecule has 0 aromatic heterocycles. The number of aryl methyl sites for hydroxylation is 1. The number of carbonyl (C=O) groups is 3. The highest BCUT2D eigenvalue weighted by molar-refractivity contribution is 5.91. The SMILES string of the molecule is CC(=O)OC1C(=O)C2CCC3OCC3C2CC2(O)C[C@H](OC(=O)CCc3ccccc3)C(C)=C1C2(C)C. The first-order chi connectivity index (χ1) is 17.5. The van der Waals surface area contributed by atoms with E-state index in [1.165, 1.54) is 6.92 Å². The third-order valence-corrected chi connectivity index (χ3v) is 9.55. The van der Waals surface area contributed by atoms with E-state index in [-0.39, 0.29) is 48.5 Å². The standard InChI is InChI=1S/C30H38O7/c1-17-24(37-25(32)13-10-19-8-6-5-7-9-19)15-30(34)14-21-20(11-12-23-22(21)16-35-23)27(33)28(36-18(2)31)26(17)29(30,3)4/h5-9,20-24,28,34H,10-16H2,1-4H3/t20?,21?,22?,23?,24-,28?,30?/m0/s1. The summed E-state index contributed by atoms with van der Waals surface area (Å²) in [5, 5.41) is 12.3. The smallest absolute Gasteiger partial charge is 0.306 e. The van der Waals surface area contributed by atoms with E-state index < -0.39 is 29.2 Å². The zero-order chi connectivity index (χ0) is 26.5. The van der Waals surface area contributed by atoms with E-state index in [2.05, 4.69) is 0 Å². The van der Waals surface area contributed by atoms with Crippen molar-refractivity contribution in [2.24, 2.45) is 23.2 Å². The van der Waals surface area contributed by atoms with Crippen molar-refractivity contribution in [2.45, 2.75) is 90.1 Å². The predicted molar refractivity (Wildman–Crippen MR) is 135 cm³/mol. The number of aliphatic hydroxyl groups is 1. The van der Waals surface area contributed by atoms with E-state index in [0.29, 0.717) is 37.0 Å². The monoisotopic (exact) mass is 510 g/mol. The van der Waals surface area contributed by atoms with Crippen molar-refractivity contribution in [1.29, 1.82) is 0 Å². The van der Waals surface area contributed by atoms with E-state index >= 15 is 0 Å². The Morgan fingerprint density at radius 2 is 1.81 bits per heavy atom. The number of hydrogen-bond acceptors (Lipinski definition) is 7. The second-order valence-electron chi connectivity index (χ2n) is 11.9. The highest BCUT2D eigenvalue weighted by Crippen LogP contribution is 2.58. The van der Waals surface area contributed by atoms with Gasteiger partial charge in [-0.15, -0.1) is 0 Å². The highest BCUT2D eigenvalue weighted by Gasteiger charge is 2.62. The van der Waals surface area contributed by atoms with E-state index in [4.69, 9.17) is 14.2 Å². The molecule has 6 unspecified atom stereocenters. The first-order valence-corrected chi connectivity index (χ1v) is 13.5. The van der Waals surface area contributed by atoms with Gasteiger partial charge in [0.2, 0.25) is 0 Å². The first-order valence-electron chi connectivity index (χ1n) is 13.5. The van der Waals surface area contributed by atoms with Crippen LogP contribution in [0.2, 0.25) is 0 Å². The lowest BCUT2D eigenvalue weighted by molar-refractivity contribution is -0.205. The summed E-state index contributed by atoms with van der Waals surface area (Å²) in [6.45, 7) is 7.56. The lowest BCUT2D eigenvalue weighted by Gasteiger charge is -2.58. The molecular weight excluding hydrogens is 472 g/mol. The number of esters is 2. The van der Waals surface area contributed by atoms with Gasteiger partial charge in [0.1, 0.15) is 6.10 Å². The third-order valence-electron chi connectivity index (χ3n) is 9.55. The zero-order valence-electron chi connectivity index (χ0n) is 22.2. The van der Waals surface area contributed by atoms with Crippen molar-refractivity contribution in [1.82, 2.24) is 0 Å². The maximum absolute atomic E-state index is 14.0. The fourth-order valence-electron chi connectivity index (χ4n) is 7.30. The molecule has 4 aliphatic rings. The van der Waals surface area contributed by atoms with E-state index in [1.54, 1.807) is 0 Å². The van der Waals surface area contributed by atoms with Gasteiger partial charge in [-0.05, 0) is 55.2 Å². The van der Waals surface area contributed by atoms with E-state index in [1.807, 2.05) is 51.1 Å². The molecule has 1 N–H and O–H groups in total. The van der Waals surface area contributed by atoms with Gasteiger partial charge in [-0.1, -0.05) is 44.2 Å². The quantitative estimate of drug-likeness (QED) is 0.473. The molecule has 0 radical (unpaired) electrons. The van der Waals surface area contributed by atoms with Gasteiger partial charge in [0.25, 0.3) is 0 Å². The molecule has 7 heteroatoms. The summed E-state index contributed by atoms with van der Waals surface area (Å²) in [6, 6.07) is 9.74. The number of hydrogen-bond donors (Lipinski definition) is 1. The third kappa shape index (κ3) is 4.54. The van der Waals surface area contributed by atoms with Crippen LogP contribution < -0.4 is 0 Å². The topological polar surface area (TPSA) is 99.1 Å². The van der Waals surface area contributed by atoms with Crippen LogP contribution in [0.5, 0.6) is 0 Å². The summed E-state index contributed by atoms with van der Waals surface area (Å²) in [7, 11) is 0. The number of Topliss-reactive ketones (excluding diaryl/α,β-unsaturated/α-hetero) is 1. The van der Waals surface area contributed by atoms with Crippen LogP contribution >= 0.6 is 0 Å². The maximum atomic E-state index is 14.0. The van der Waals surface area contributed by atoms with Gasteiger partial charge in [-0.25, -0.2) is 0 Å². The molecule has 3 aliphatic carbocycles. The van der Waals surface area contributed by atoms with Gasteiger partial charge in [0, 0.05) is 37.0 Å². The van der Waals surface area contributed by atoms with Crippen LogP contribution in [0, 0.1) is 23.2 Å². The molecule has 1 heterocycles. The van der Waals surface area contributed by atoms with Crippen molar-refractivity contribution in [2.75, 3.05) is 6.61 Å². The second-order valence-corrected chi connectivity index (χ2v) is 11.9. The molecule has 1 aliphatic heterocycles. The summed E-state index contributed by atoms with van der Waals surface area (Å²) >= 11 is 0. The second kappa shape index (κ2) is 9.66. The molecule has 1 aromatic rings. The average molecular weight is 511 g/mol. The Kier molecular flexibility index (Phi) is 6.82. The Hall–Kier alpha value is -2.51. The number of ether oxygens (including phenoxy) is 3. The van der Waals surface area contributed by atoms with Gasteiger partial charge < -0.3 is 19.3 Å². The molecule has 37 heavy (non-hydrogen) atoms. The summed E-state index contributed by atoms with van der Waals surface area (Å²) in [5.41, 5.74) is 0.215. The van der Waals surface area contributed by atoms with Crippen LogP contribution in [-0.4, -0.2) is 53.3 Å². The molecule has 3 fully saturated rings. The summed E-state index contributed by atoms with van der Waals surface area (Å²) in [6.07, 6.45) is 1.19. The molecule has 1 aromatic carbocycles. The Morgan fingerprint density at radius 1 is 1.08 bits per heavy atom. The van der Waals surface area contributed by atoms with Gasteiger partial charge in [-0.2, -0.15) is 0 Å². The highest BCUT2D eigenvalue weighted by atomic mass is 16.6. The molecule has 2 bridgehead atoms. The Labute approximate surface area is 218 Å². The molecule has 0 amide bonds. The Balaban J connectivity index is 1.49. The van der Waals surface area contributed by atoms with Crippen molar-refractivity contribution >= 4 is 17.7 Å². The molecule has 2 saturated carbocycles. The number of carbonyl (C=O) groups excluding carboxylic acids is 3. The molecule has 1 saturated heterocycles. The average Bonchev–Trinajstić information content (AvgIpc) is 2.81. The fourth-order valence-corrected chi connectivity index (χ4v) is 7.30. The lowest BCUT2D eigenvalue weighted by atomic mass is 9.51. The Morgan fingerprint density at radius 3 is 2.46 bits per heavy atom. The Bertz CT molecular complexity index is 1110. The lowest BCUT2D eigenvalue weighted by Crippen LogP contribution is -2.63. The van der Waals surface area contributed by atoms with Gasteiger partial charge in [0.15, 0.2) is 11.9 Å². The molecule has 7 nitrogen and oxygen atoms in total. The van der Waals surface area contributed by atoms with Crippen LogP contribution in [0.25, 0.3) is 0 Å². The molecule has 5 rings (SSSR count). The molecular formula is C30H38O7. The van der Waals surface area contributed by atoms with Crippen LogP contribution in [0.1, 0.15) is 65.4 Å². The number of fused-ring (bicyclic) bond motifs is 5. The first kappa shape index (κ1) is 26.1. The van der Waals surface area contributed by atoms with E-state index in [0.717, 1.165) is 12.0 Å². The molecule has 0 spiro atoms. The van der Waals surface area contributed by atoms with Crippen molar-refractivity contribution in [3.05, 3.63) is 47.0 Å². The number of benzene rings is 1. The summed E-state index contributed by atoms with van der Waals surface area (Å²) < 4.78 is 17.5. The van der Waals surface area contributed by atoms with Crippen molar-refractivity contribution in [3.63, 3.8) is 0 Å². The van der Waals surface area contributed by atoms with Gasteiger partial charge >= 0.3 is 11.9 Å². The van der Waals surface area contributed by atoms with Crippen LogP contribution in [0.3, 0.4) is 0 Å². The molecule has 200 valence electrons. The minimum absolute atomic E-state index is 0.0725. The maximum Gasteiger partial charge on any atom is 0.306 e. The van der Waals surface area contributed by atoms with Crippen molar-refractivity contribution < 1.29 is 33.7 Å². The normalized spacial score (nSPS) is 36.3. The van der Waals surface area contributed by atoms with Gasteiger partial charge in [-0.3, -0.25) is 14.4 Å². The minimum atomic E-state index is -1.24.